The van der Waals surface area contributed by atoms with Gasteiger partial charge in [-0.3, -0.25) is 0 Å². The Balaban J connectivity index is 0.00000163. The predicted octanol–water partition coefficient (Wildman–Crippen LogP) is 6.25. The standard InChI is InChI=1S/C21H31NO2.C2H6/c1-7-10-18-16(8-2)17-13-15(6)11-12-19(17)22(18)20(14(4)5)21(23)24-9-3;1-2/h11-14,20H,7-10H2,1-6H3;1-2H3. The van der Waals surface area contributed by atoms with Crippen LogP contribution >= 0.6 is 0 Å². The first-order chi connectivity index (χ1) is 12.5. The molecule has 0 saturated heterocycles. The molecule has 0 N–H and O–H groups in total. The van der Waals surface area contributed by atoms with Crippen LogP contribution in [0.25, 0.3) is 10.9 Å². The second-order valence-electron chi connectivity index (χ2n) is 6.86. The van der Waals surface area contributed by atoms with Crippen LogP contribution in [0, 0.1) is 12.8 Å². The third-order valence-corrected chi connectivity index (χ3v) is 4.65. The second-order valence-corrected chi connectivity index (χ2v) is 6.86. The fourth-order valence-electron chi connectivity index (χ4n) is 3.67. The highest BCUT2D eigenvalue weighted by molar-refractivity contribution is 5.88. The third kappa shape index (κ3) is 4.49. The number of rotatable bonds is 7. The Morgan fingerprint density at radius 3 is 2.31 bits per heavy atom. The van der Waals surface area contributed by atoms with E-state index in [1.165, 1.54) is 22.2 Å². The van der Waals surface area contributed by atoms with Crippen LogP contribution < -0.4 is 0 Å². The molecule has 3 nitrogen and oxygen atoms in total. The summed E-state index contributed by atoms with van der Waals surface area (Å²) in [5.74, 6) is 0.0613. The molecule has 1 unspecified atom stereocenters. The second kappa shape index (κ2) is 10.4. The van der Waals surface area contributed by atoms with E-state index in [1.54, 1.807) is 0 Å². The lowest BCUT2D eigenvalue weighted by molar-refractivity contribution is -0.148. The van der Waals surface area contributed by atoms with Crippen LogP contribution in [0.3, 0.4) is 0 Å². The SMILES string of the molecule is CC.CCCc1c(CC)c2cc(C)ccc2n1C(C(=O)OCC)C(C)C. The number of hydrogen-bond acceptors (Lipinski definition) is 2. The zero-order valence-electron chi connectivity index (χ0n) is 18.0. The summed E-state index contributed by atoms with van der Waals surface area (Å²) < 4.78 is 7.67. The van der Waals surface area contributed by atoms with Crippen molar-refractivity contribution < 1.29 is 9.53 Å². The van der Waals surface area contributed by atoms with E-state index in [4.69, 9.17) is 4.74 Å². The molecule has 0 aliphatic carbocycles. The average Bonchev–Trinajstić information content (AvgIpc) is 2.90. The van der Waals surface area contributed by atoms with Gasteiger partial charge in [0, 0.05) is 16.6 Å². The zero-order chi connectivity index (χ0) is 19.9. The highest BCUT2D eigenvalue weighted by atomic mass is 16.5. The fourth-order valence-corrected chi connectivity index (χ4v) is 3.67. The number of fused-ring (bicyclic) bond motifs is 1. The maximum Gasteiger partial charge on any atom is 0.329 e. The average molecular weight is 360 g/mol. The van der Waals surface area contributed by atoms with Gasteiger partial charge in [-0.25, -0.2) is 4.79 Å². The molecule has 1 atom stereocenters. The molecule has 0 bridgehead atoms. The van der Waals surface area contributed by atoms with Crippen LogP contribution in [-0.2, 0) is 22.4 Å². The molecule has 0 radical (unpaired) electrons. The van der Waals surface area contributed by atoms with Gasteiger partial charge in [-0.15, -0.1) is 0 Å². The van der Waals surface area contributed by atoms with E-state index >= 15 is 0 Å². The first-order valence-electron chi connectivity index (χ1n) is 10.2. The number of nitrogens with zero attached hydrogens (tertiary/aromatic N) is 1. The molecule has 146 valence electrons. The number of ether oxygens (including phenoxy) is 1. The van der Waals surface area contributed by atoms with Gasteiger partial charge >= 0.3 is 5.97 Å². The van der Waals surface area contributed by atoms with Crippen LogP contribution in [0.5, 0.6) is 0 Å². The van der Waals surface area contributed by atoms with Gasteiger partial charge in [0.1, 0.15) is 6.04 Å². The molecule has 0 aliphatic rings. The molecule has 1 aromatic heterocycles. The highest BCUT2D eigenvalue weighted by Crippen LogP contribution is 2.34. The zero-order valence-corrected chi connectivity index (χ0v) is 18.0. The van der Waals surface area contributed by atoms with E-state index in [-0.39, 0.29) is 17.9 Å². The quantitative estimate of drug-likeness (QED) is 0.547. The van der Waals surface area contributed by atoms with Crippen LogP contribution in [-0.4, -0.2) is 17.1 Å². The Kier molecular flexibility index (Phi) is 8.91. The summed E-state index contributed by atoms with van der Waals surface area (Å²) in [6, 6.07) is 6.29. The van der Waals surface area contributed by atoms with Crippen LogP contribution in [0.2, 0.25) is 0 Å². The van der Waals surface area contributed by atoms with Gasteiger partial charge in [-0.2, -0.15) is 0 Å². The summed E-state index contributed by atoms with van der Waals surface area (Å²) in [6.45, 7) is 17.0. The van der Waals surface area contributed by atoms with Crippen molar-refractivity contribution in [1.29, 1.82) is 0 Å². The largest absolute Gasteiger partial charge is 0.464 e. The molecule has 3 heteroatoms. The van der Waals surface area contributed by atoms with Crippen molar-refractivity contribution in [1.82, 2.24) is 4.57 Å². The Labute approximate surface area is 159 Å². The molecule has 2 aromatic rings. The smallest absolute Gasteiger partial charge is 0.329 e. The number of carbonyl (C=O) groups is 1. The molecule has 0 spiro atoms. The minimum Gasteiger partial charge on any atom is -0.464 e. The van der Waals surface area contributed by atoms with Crippen molar-refractivity contribution in [3.8, 4) is 0 Å². The Morgan fingerprint density at radius 2 is 1.81 bits per heavy atom. The summed E-state index contributed by atoms with van der Waals surface area (Å²) in [5, 5.41) is 1.29. The van der Waals surface area contributed by atoms with Crippen LogP contribution in [0.4, 0.5) is 0 Å². The van der Waals surface area contributed by atoms with E-state index in [2.05, 4.69) is 57.4 Å². The molecule has 26 heavy (non-hydrogen) atoms. The van der Waals surface area contributed by atoms with E-state index in [1.807, 2.05) is 20.8 Å². The van der Waals surface area contributed by atoms with Crippen molar-refractivity contribution in [2.45, 2.75) is 80.7 Å². The Bertz CT molecular complexity index is 713. The van der Waals surface area contributed by atoms with Crippen molar-refractivity contribution in [3.05, 3.63) is 35.0 Å². The summed E-state index contributed by atoms with van der Waals surface area (Å²) in [5.41, 5.74) is 5.10. The van der Waals surface area contributed by atoms with Crippen LogP contribution in [0.15, 0.2) is 18.2 Å². The lowest BCUT2D eigenvalue weighted by Crippen LogP contribution is -2.28. The van der Waals surface area contributed by atoms with E-state index in [0.717, 1.165) is 24.8 Å². The first kappa shape index (κ1) is 22.3. The van der Waals surface area contributed by atoms with Gasteiger partial charge in [0.05, 0.1) is 6.61 Å². The minimum absolute atomic E-state index is 0.120. The minimum atomic E-state index is -0.267. The van der Waals surface area contributed by atoms with Gasteiger partial charge in [0.2, 0.25) is 0 Å². The summed E-state index contributed by atoms with van der Waals surface area (Å²) in [6.07, 6.45) is 3.03. The molecule has 1 heterocycles. The molecule has 0 amide bonds. The molecular weight excluding hydrogens is 322 g/mol. The maximum atomic E-state index is 12.7. The normalized spacial score (nSPS) is 12.0. The van der Waals surface area contributed by atoms with Gasteiger partial charge in [0.25, 0.3) is 0 Å². The predicted molar refractivity (Wildman–Crippen MR) is 112 cm³/mol. The molecule has 0 saturated carbocycles. The number of hydrogen-bond donors (Lipinski definition) is 0. The van der Waals surface area contributed by atoms with Crippen LogP contribution in [0.1, 0.15) is 77.7 Å². The van der Waals surface area contributed by atoms with E-state index < -0.39 is 0 Å². The molecule has 2 rings (SSSR count). The lowest BCUT2D eigenvalue weighted by Gasteiger charge is -2.25. The van der Waals surface area contributed by atoms with Gasteiger partial charge in [-0.1, -0.05) is 59.6 Å². The van der Waals surface area contributed by atoms with Gasteiger partial charge in [-0.05, 0) is 50.3 Å². The highest BCUT2D eigenvalue weighted by Gasteiger charge is 2.30. The number of aromatic nitrogens is 1. The molecular formula is C23H37NO2. The number of benzene rings is 1. The van der Waals surface area contributed by atoms with Gasteiger partial charge in [0.15, 0.2) is 0 Å². The number of aryl methyl sites for hydroxylation is 2. The van der Waals surface area contributed by atoms with E-state index in [0.29, 0.717) is 6.61 Å². The van der Waals surface area contributed by atoms with Gasteiger partial charge < -0.3 is 9.30 Å². The molecule has 0 fully saturated rings. The summed E-state index contributed by atoms with van der Waals surface area (Å²) >= 11 is 0. The lowest BCUT2D eigenvalue weighted by atomic mass is 10.0. The van der Waals surface area contributed by atoms with Crippen molar-refractivity contribution in [3.63, 3.8) is 0 Å². The van der Waals surface area contributed by atoms with Crippen molar-refractivity contribution in [2.75, 3.05) is 6.61 Å². The van der Waals surface area contributed by atoms with E-state index in [9.17, 15) is 4.79 Å². The number of carbonyl (C=O) groups excluding carboxylic acids is 1. The third-order valence-electron chi connectivity index (χ3n) is 4.65. The first-order valence-corrected chi connectivity index (χ1v) is 10.2. The topological polar surface area (TPSA) is 31.2 Å². The Hall–Kier alpha value is -1.77. The summed E-state index contributed by atoms with van der Waals surface area (Å²) in [4.78, 5) is 12.7. The van der Waals surface area contributed by atoms with Crippen molar-refractivity contribution in [2.24, 2.45) is 5.92 Å². The monoisotopic (exact) mass is 359 g/mol. The fraction of sp³-hybridized carbons (Fsp3) is 0.609. The van der Waals surface area contributed by atoms with Crippen molar-refractivity contribution >= 4 is 16.9 Å². The maximum absolute atomic E-state index is 12.7. The Morgan fingerprint density at radius 1 is 1.15 bits per heavy atom. The molecule has 1 aromatic carbocycles. The summed E-state index contributed by atoms with van der Waals surface area (Å²) in [7, 11) is 0. The molecule has 0 aliphatic heterocycles. The number of esters is 1.